The van der Waals surface area contributed by atoms with Gasteiger partial charge in [0, 0.05) is 44.6 Å². The van der Waals surface area contributed by atoms with Gasteiger partial charge in [0.2, 0.25) is 0 Å². The predicted molar refractivity (Wildman–Crippen MR) is 276 cm³/mol. The minimum Gasteiger partial charge on any atom is -0.481 e. The number of hydrogen-bond donors (Lipinski definition) is 5. The molecule has 75 heavy (non-hydrogen) atoms. The van der Waals surface area contributed by atoms with Crippen LogP contribution in [0.5, 0.6) is 0 Å². The summed E-state index contributed by atoms with van der Waals surface area (Å²) >= 11 is 0. The molecule has 9 fully saturated rings. The summed E-state index contributed by atoms with van der Waals surface area (Å²) in [6.07, 6.45) is 6.94. The lowest BCUT2D eigenvalue weighted by molar-refractivity contribution is -0.369. The number of carboxylic acid groups (broad SMARTS) is 1. The summed E-state index contributed by atoms with van der Waals surface area (Å²) < 4.78 is 69.8. The Morgan fingerprint density at radius 1 is 0.773 bits per heavy atom. The molecule has 0 bridgehead atoms. The molecule has 10 aliphatic heterocycles. The third kappa shape index (κ3) is 11.3. The lowest BCUT2D eigenvalue weighted by atomic mass is 9.72. The van der Waals surface area contributed by atoms with E-state index in [1.54, 1.807) is 0 Å². The average Bonchev–Trinajstić information content (AvgIpc) is 3.59. The Bertz CT molecular complexity index is 2100. The van der Waals surface area contributed by atoms with Gasteiger partial charge in [0.1, 0.15) is 17.8 Å². The number of aliphatic hydroxyl groups excluding tert-OH is 4. The van der Waals surface area contributed by atoms with Crippen LogP contribution in [0, 0.1) is 23.7 Å². The molecule has 5 N–H and O–H groups in total. The molecule has 0 spiro atoms. The molecule has 424 valence electrons. The molecule has 0 radical (unpaired) electrons. The molecular formula is C59H92O16. The van der Waals surface area contributed by atoms with Gasteiger partial charge in [-0.25, -0.2) is 0 Å². The highest BCUT2D eigenvalue weighted by Crippen LogP contribution is 2.54. The van der Waals surface area contributed by atoms with Crippen molar-refractivity contribution in [1.29, 1.82) is 0 Å². The largest absolute Gasteiger partial charge is 0.481 e. The Kier molecular flexibility index (Phi) is 16.5. The summed E-state index contributed by atoms with van der Waals surface area (Å²) in [5, 5.41) is 54.2. The number of aliphatic hydroxyl groups is 4. The summed E-state index contributed by atoms with van der Waals surface area (Å²) in [5.74, 6) is -0.742. The van der Waals surface area contributed by atoms with Crippen molar-refractivity contribution in [3.63, 3.8) is 0 Å². The predicted octanol–water partition coefficient (Wildman–Crippen LogP) is 6.84. The number of hydrogen-bond acceptors (Lipinski definition) is 15. The maximum absolute atomic E-state index is 12.4. The van der Waals surface area contributed by atoms with E-state index in [1.165, 1.54) is 0 Å². The highest BCUT2D eigenvalue weighted by molar-refractivity contribution is 5.67. The monoisotopic (exact) mass is 1060 g/mol. The maximum atomic E-state index is 12.4. The lowest BCUT2D eigenvalue weighted by Gasteiger charge is -2.61. The number of carbonyl (C=O) groups is 1. The van der Waals surface area contributed by atoms with Crippen molar-refractivity contribution in [3.05, 3.63) is 36.0 Å². The fourth-order valence-corrected chi connectivity index (χ4v) is 15.8. The number of carboxylic acids is 1. The first-order chi connectivity index (χ1) is 35.5. The summed E-state index contributed by atoms with van der Waals surface area (Å²) in [7, 11) is 0. The number of aliphatic carboxylic acids is 1. The van der Waals surface area contributed by atoms with E-state index >= 15 is 0 Å². The molecule has 0 aromatic carbocycles. The van der Waals surface area contributed by atoms with E-state index in [0.717, 1.165) is 17.6 Å². The second-order valence-electron chi connectivity index (χ2n) is 26.3. The fraction of sp³-hybridized carbons (Fsp3) is 0.881. The van der Waals surface area contributed by atoms with E-state index in [4.69, 9.17) is 47.4 Å². The van der Waals surface area contributed by atoms with E-state index in [2.05, 4.69) is 66.3 Å². The number of fused-ring (bicyclic) bond motifs is 8. The van der Waals surface area contributed by atoms with E-state index in [9.17, 15) is 30.3 Å². The molecule has 0 aromatic rings. The third-order valence-electron chi connectivity index (χ3n) is 19.8. The minimum atomic E-state index is -1.05. The quantitative estimate of drug-likeness (QED) is 0.134. The van der Waals surface area contributed by atoms with Gasteiger partial charge in [-0.2, -0.15) is 0 Å². The third-order valence-corrected chi connectivity index (χ3v) is 19.8. The van der Waals surface area contributed by atoms with Crippen molar-refractivity contribution in [1.82, 2.24) is 0 Å². The molecule has 10 heterocycles. The fourth-order valence-electron chi connectivity index (χ4n) is 15.8. The Hall–Kier alpha value is -1.87. The molecular weight excluding hydrogens is 965 g/mol. The first kappa shape index (κ1) is 56.4. The zero-order valence-corrected chi connectivity index (χ0v) is 46.3. The minimum absolute atomic E-state index is 0.0214. The van der Waals surface area contributed by atoms with Crippen molar-refractivity contribution in [2.24, 2.45) is 23.7 Å². The highest BCUT2D eigenvalue weighted by atomic mass is 16.6. The van der Waals surface area contributed by atoms with E-state index in [-0.39, 0.29) is 116 Å². The first-order valence-electron chi connectivity index (χ1n) is 29.0. The van der Waals surface area contributed by atoms with Crippen molar-refractivity contribution in [2.75, 3.05) is 6.61 Å². The molecule has 0 amide bonds. The topological polar surface area (TPSA) is 211 Å². The first-order valence-corrected chi connectivity index (χ1v) is 29.0. The molecule has 10 aliphatic rings. The second kappa shape index (κ2) is 21.9. The van der Waals surface area contributed by atoms with Crippen LogP contribution in [-0.4, -0.2) is 176 Å². The van der Waals surface area contributed by atoms with Crippen LogP contribution in [0.2, 0.25) is 0 Å². The van der Waals surface area contributed by atoms with Crippen LogP contribution in [0.15, 0.2) is 36.0 Å². The molecule has 27 atom stereocenters. The van der Waals surface area contributed by atoms with Crippen LogP contribution in [-0.2, 0) is 52.2 Å². The van der Waals surface area contributed by atoms with Gasteiger partial charge in [-0.15, -0.1) is 0 Å². The molecule has 0 aliphatic carbocycles. The highest BCUT2D eigenvalue weighted by Gasteiger charge is 2.65. The number of ether oxygens (including phenoxy) is 10. The molecule has 10 rings (SSSR count). The van der Waals surface area contributed by atoms with Gasteiger partial charge in [0.15, 0.2) is 0 Å². The zero-order chi connectivity index (χ0) is 53.5. The van der Waals surface area contributed by atoms with Crippen molar-refractivity contribution >= 4 is 5.97 Å². The van der Waals surface area contributed by atoms with Crippen LogP contribution in [0.3, 0.4) is 0 Å². The Morgan fingerprint density at radius 2 is 1.51 bits per heavy atom. The van der Waals surface area contributed by atoms with Gasteiger partial charge in [0.05, 0.1) is 127 Å². The molecule has 0 aromatic heterocycles. The molecule has 0 saturated carbocycles. The van der Waals surface area contributed by atoms with Gasteiger partial charge in [-0.05, 0) is 116 Å². The van der Waals surface area contributed by atoms with E-state index in [0.29, 0.717) is 77.0 Å². The van der Waals surface area contributed by atoms with Gasteiger partial charge >= 0.3 is 5.97 Å². The average molecular weight is 1060 g/mol. The van der Waals surface area contributed by atoms with Crippen LogP contribution < -0.4 is 0 Å². The standard InChI is InChI=1S/C59H92O16/c1-30(18-31(2)28-60)19-42-33(4)21-48-56(7,74-42)27-46-54(71-48)55(65)59(10)50(69-46)26-45-53(75-59)32(3)12-11-13-40-39(67-45)16-17-47-57(8,72-40)29-58(9)49(70-47)25-44-41(73-58)15-14-38(62)43(68-44)24-36(61)23-37-20-34(5)52(66-37)35(6)22-51(63)64/h11-12,18,31-32,34-50,52-55,60-62,65H,4,13-17,19-29H2,1-3,5-10H3,(H,63,64)/b12-11-,30-18+/t31-,32-,34-,35-,36-,37+,38-,39-,40-,41+,42+,43-,44+,45-,46+,47+,48+,49-,50+,52-,53-,54-,55+,56-,57+,58+,59-/m1/s1. The van der Waals surface area contributed by atoms with Gasteiger partial charge in [0.25, 0.3) is 0 Å². The normalized spacial score (nSPS) is 51.6. The second-order valence-corrected chi connectivity index (χ2v) is 26.3. The van der Waals surface area contributed by atoms with Crippen molar-refractivity contribution < 1.29 is 77.7 Å². The summed E-state index contributed by atoms with van der Waals surface area (Å²) in [6, 6.07) is 0. The van der Waals surface area contributed by atoms with Gasteiger partial charge in [-0.3, -0.25) is 4.79 Å². The molecule has 9 saturated heterocycles. The van der Waals surface area contributed by atoms with E-state index in [1.807, 2.05) is 20.8 Å². The van der Waals surface area contributed by atoms with Crippen LogP contribution in [0.1, 0.15) is 159 Å². The van der Waals surface area contributed by atoms with E-state index < -0.39 is 71.1 Å². The molecule has 16 nitrogen and oxygen atoms in total. The Balaban J connectivity index is 0.787. The molecule has 0 unspecified atom stereocenters. The lowest BCUT2D eigenvalue weighted by Crippen LogP contribution is -2.74. The summed E-state index contributed by atoms with van der Waals surface area (Å²) in [5.41, 5.74) is -0.952. The summed E-state index contributed by atoms with van der Waals surface area (Å²) in [6.45, 7) is 23.1. The van der Waals surface area contributed by atoms with Crippen molar-refractivity contribution in [3.8, 4) is 0 Å². The smallest absolute Gasteiger partial charge is 0.303 e. The number of rotatable bonds is 11. The zero-order valence-electron chi connectivity index (χ0n) is 46.3. The van der Waals surface area contributed by atoms with Crippen LogP contribution >= 0.6 is 0 Å². The van der Waals surface area contributed by atoms with Crippen LogP contribution in [0.4, 0.5) is 0 Å². The Labute approximate surface area is 445 Å². The molecule has 16 heteroatoms. The van der Waals surface area contributed by atoms with Crippen LogP contribution in [0.25, 0.3) is 0 Å². The van der Waals surface area contributed by atoms with Gasteiger partial charge in [-0.1, -0.05) is 58.1 Å². The maximum Gasteiger partial charge on any atom is 0.303 e. The Morgan fingerprint density at radius 3 is 2.27 bits per heavy atom. The van der Waals surface area contributed by atoms with Crippen molar-refractivity contribution in [2.45, 2.75) is 297 Å². The van der Waals surface area contributed by atoms with Gasteiger partial charge < -0.3 is 72.9 Å². The SMILES string of the molecule is C=C1C[C@@H]2O[C@@H]3[C@H](C[C@@]2(C)O[C@H]1C/C(C)=C/[C@@H](C)CO)O[C@H]1C[C@H]2O[C@@H]4CC[C@@H]5O[C@@H]6C[C@@H]7O[C@H](C[C@H](O)C[C@@H]8C[C@@H](C)[C@H]([C@H](C)CC(=O)O)O8)[C@H](O)CC[C@@H]7O[C@@]6(C)C[C@]5(C)O[C@@H]4C/C=C\[C@@H](C)[C@H]2O[C@@]1(C)[C@H]3O. The summed E-state index contributed by atoms with van der Waals surface area (Å²) in [4.78, 5) is 11.4.